The molecule has 1 amide bonds. The number of rotatable bonds is 7. The van der Waals surface area contributed by atoms with E-state index < -0.39 is 0 Å². The van der Waals surface area contributed by atoms with Crippen molar-refractivity contribution >= 4 is 34.7 Å². The molecule has 3 aromatic rings. The number of nitrogens with one attached hydrogen (secondary N) is 1. The van der Waals surface area contributed by atoms with Gasteiger partial charge in [0.1, 0.15) is 17.4 Å². The van der Waals surface area contributed by atoms with Crippen LogP contribution in [0.2, 0.25) is 0 Å². The van der Waals surface area contributed by atoms with E-state index in [-0.39, 0.29) is 5.91 Å². The fraction of sp³-hybridized carbons (Fsp3) is 0.167. The predicted molar refractivity (Wildman–Crippen MR) is 101 cm³/mol. The largest absolute Gasteiger partial charge is 0.489 e. The molecule has 0 aliphatic carbocycles. The Kier molecular flexibility index (Phi) is 6.03. The average Bonchev–Trinajstić information content (AvgIpc) is 3.06. The Labute approximate surface area is 154 Å². The Morgan fingerprint density at radius 1 is 1.12 bits per heavy atom. The molecule has 1 N–H and O–H groups in total. The number of amides is 1. The maximum absolute atomic E-state index is 12.0. The molecule has 0 radical (unpaired) electrons. The van der Waals surface area contributed by atoms with Crippen LogP contribution in [0.25, 0.3) is 0 Å². The van der Waals surface area contributed by atoms with Crippen LogP contribution in [-0.2, 0) is 11.4 Å². The van der Waals surface area contributed by atoms with Gasteiger partial charge in [-0.05, 0) is 36.8 Å². The number of thioether (sulfide) groups is 1. The van der Waals surface area contributed by atoms with Crippen LogP contribution in [0.3, 0.4) is 0 Å². The number of aromatic nitrogens is 2. The van der Waals surface area contributed by atoms with Crippen LogP contribution >= 0.6 is 23.1 Å². The summed E-state index contributed by atoms with van der Waals surface area (Å²) in [5.74, 6) is 0.998. The lowest BCUT2D eigenvalue weighted by Crippen LogP contribution is -2.13. The van der Waals surface area contributed by atoms with Gasteiger partial charge in [0.25, 0.3) is 0 Å². The fourth-order valence-electron chi connectivity index (χ4n) is 2.04. The highest BCUT2D eigenvalue weighted by Gasteiger charge is 2.07. The number of hydrogen-bond acceptors (Lipinski definition) is 6. The number of nitrogens with zero attached hydrogens (tertiary/aromatic N) is 2. The lowest BCUT2D eigenvalue weighted by Gasteiger charge is -2.08. The van der Waals surface area contributed by atoms with Gasteiger partial charge in [-0.3, -0.25) is 4.79 Å². The molecule has 0 saturated heterocycles. The summed E-state index contributed by atoms with van der Waals surface area (Å²) >= 11 is 2.87. The third-order valence-electron chi connectivity index (χ3n) is 3.22. The minimum Gasteiger partial charge on any atom is -0.489 e. The SMILES string of the molecule is Cc1nnc(SCC(=O)Nc2ccc(OCc3ccccc3)cc2)s1. The molecule has 5 nitrogen and oxygen atoms in total. The second kappa shape index (κ2) is 8.64. The van der Waals surface area contributed by atoms with Crippen molar-refractivity contribution in [1.82, 2.24) is 10.2 Å². The van der Waals surface area contributed by atoms with E-state index in [0.717, 1.165) is 26.3 Å². The predicted octanol–water partition coefficient (Wildman–Crippen LogP) is 4.16. The highest BCUT2D eigenvalue weighted by atomic mass is 32.2. The summed E-state index contributed by atoms with van der Waals surface area (Å²) in [5.41, 5.74) is 1.86. The van der Waals surface area contributed by atoms with Crippen molar-refractivity contribution in [3.63, 3.8) is 0 Å². The maximum Gasteiger partial charge on any atom is 0.234 e. The molecule has 2 aromatic carbocycles. The highest BCUT2D eigenvalue weighted by molar-refractivity contribution is 8.01. The van der Waals surface area contributed by atoms with E-state index in [1.165, 1.54) is 23.1 Å². The minimum atomic E-state index is -0.0733. The second-order valence-corrected chi connectivity index (χ2v) is 7.63. The lowest BCUT2D eigenvalue weighted by atomic mass is 10.2. The molecule has 0 unspecified atom stereocenters. The molecular weight excluding hydrogens is 354 g/mol. The van der Waals surface area contributed by atoms with Crippen molar-refractivity contribution in [1.29, 1.82) is 0 Å². The number of carbonyl (C=O) groups excluding carboxylic acids is 1. The Bertz CT molecular complexity index is 820. The molecule has 1 heterocycles. The van der Waals surface area contributed by atoms with E-state index in [1.54, 1.807) is 0 Å². The van der Waals surface area contributed by atoms with Crippen molar-refractivity contribution in [2.75, 3.05) is 11.1 Å². The molecule has 0 fully saturated rings. The van der Waals surface area contributed by atoms with Gasteiger partial charge in [-0.1, -0.05) is 53.4 Å². The van der Waals surface area contributed by atoms with E-state index in [0.29, 0.717) is 12.4 Å². The van der Waals surface area contributed by atoms with Gasteiger partial charge in [0.2, 0.25) is 5.91 Å². The van der Waals surface area contributed by atoms with Crippen LogP contribution < -0.4 is 10.1 Å². The summed E-state index contributed by atoms with van der Waals surface area (Å²) in [5, 5.41) is 11.7. The molecule has 3 rings (SSSR count). The summed E-state index contributed by atoms with van der Waals surface area (Å²) in [4.78, 5) is 12.0. The zero-order valence-electron chi connectivity index (χ0n) is 13.6. The lowest BCUT2D eigenvalue weighted by molar-refractivity contribution is -0.113. The van der Waals surface area contributed by atoms with Crippen molar-refractivity contribution < 1.29 is 9.53 Å². The van der Waals surface area contributed by atoms with E-state index >= 15 is 0 Å². The topological polar surface area (TPSA) is 64.1 Å². The molecule has 0 saturated carbocycles. The molecule has 128 valence electrons. The molecule has 0 spiro atoms. The van der Waals surface area contributed by atoms with Crippen molar-refractivity contribution in [2.24, 2.45) is 0 Å². The van der Waals surface area contributed by atoms with Crippen LogP contribution in [0, 0.1) is 6.92 Å². The number of ether oxygens (including phenoxy) is 1. The molecule has 1 aromatic heterocycles. The number of hydrogen-bond donors (Lipinski definition) is 1. The Morgan fingerprint density at radius 3 is 2.56 bits per heavy atom. The Balaban J connectivity index is 1.46. The van der Waals surface area contributed by atoms with Gasteiger partial charge in [-0.25, -0.2) is 0 Å². The number of benzene rings is 2. The summed E-state index contributed by atoms with van der Waals surface area (Å²) < 4.78 is 6.53. The van der Waals surface area contributed by atoms with E-state index in [9.17, 15) is 4.79 Å². The van der Waals surface area contributed by atoms with Gasteiger partial charge in [-0.2, -0.15) is 0 Å². The van der Waals surface area contributed by atoms with E-state index in [4.69, 9.17) is 4.74 Å². The van der Waals surface area contributed by atoms with Gasteiger partial charge >= 0.3 is 0 Å². The third-order valence-corrected chi connectivity index (χ3v) is 5.19. The van der Waals surface area contributed by atoms with Crippen molar-refractivity contribution in [3.05, 3.63) is 65.2 Å². The monoisotopic (exact) mass is 371 g/mol. The van der Waals surface area contributed by atoms with Crippen LogP contribution in [0.5, 0.6) is 5.75 Å². The third kappa shape index (κ3) is 5.58. The summed E-state index contributed by atoms with van der Waals surface area (Å²) in [6.07, 6.45) is 0. The Morgan fingerprint density at radius 2 is 1.88 bits per heavy atom. The normalized spacial score (nSPS) is 10.4. The van der Waals surface area contributed by atoms with Gasteiger partial charge < -0.3 is 10.1 Å². The van der Waals surface area contributed by atoms with Crippen molar-refractivity contribution in [3.8, 4) is 5.75 Å². The van der Waals surface area contributed by atoms with Gasteiger partial charge in [-0.15, -0.1) is 10.2 Å². The number of anilines is 1. The van der Waals surface area contributed by atoms with Crippen LogP contribution in [0.15, 0.2) is 58.9 Å². The summed E-state index contributed by atoms with van der Waals surface area (Å²) in [6, 6.07) is 17.3. The quantitative estimate of drug-likeness (QED) is 0.632. The van der Waals surface area contributed by atoms with E-state index in [1.807, 2.05) is 61.5 Å². The van der Waals surface area contributed by atoms with Crippen LogP contribution in [0.1, 0.15) is 10.6 Å². The second-order valence-electron chi connectivity index (χ2n) is 5.22. The average molecular weight is 371 g/mol. The standard InChI is InChI=1S/C18H17N3O2S2/c1-13-20-21-18(25-13)24-12-17(22)19-15-7-9-16(10-8-15)23-11-14-5-3-2-4-6-14/h2-10H,11-12H2,1H3,(H,19,22). The highest BCUT2D eigenvalue weighted by Crippen LogP contribution is 2.22. The number of carbonyl (C=O) groups is 1. The first-order valence-electron chi connectivity index (χ1n) is 7.68. The molecule has 25 heavy (non-hydrogen) atoms. The van der Waals surface area contributed by atoms with Gasteiger partial charge in [0, 0.05) is 5.69 Å². The molecular formula is C18H17N3O2S2. The number of aryl methyl sites for hydroxylation is 1. The van der Waals surface area contributed by atoms with Crippen LogP contribution in [0.4, 0.5) is 5.69 Å². The van der Waals surface area contributed by atoms with E-state index in [2.05, 4.69) is 15.5 Å². The van der Waals surface area contributed by atoms with Gasteiger partial charge in [0.15, 0.2) is 4.34 Å². The zero-order chi connectivity index (χ0) is 17.5. The molecule has 0 aliphatic heterocycles. The van der Waals surface area contributed by atoms with Crippen LogP contribution in [-0.4, -0.2) is 21.9 Å². The first kappa shape index (κ1) is 17.4. The maximum atomic E-state index is 12.0. The summed E-state index contributed by atoms with van der Waals surface area (Å²) in [7, 11) is 0. The van der Waals surface area contributed by atoms with Crippen molar-refractivity contribution in [2.45, 2.75) is 17.9 Å². The first-order valence-corrected chi connectivity index (χ1v) is 9.49. The molecule has 7 heteroatoms. The zero-order valence-corrected chi connectivity index (χ0v) is 15.3. The summed E-state index contributed by atoms with van der Waals surface area (Å²) in [6.45, 7) is 2.41. The molecule has 0 aliphatic rings. The molecule has 0 atom stereocenters. The fourth-order valence-corrected chi connectivity index (χ4v) is 3.65. The Hall–Kier alpha value is -2.38. The smallest absolute Gasteiger partial charge is 0.234 e. The van der Waals surface area contributed by atoms with Gasteiger partial charge in [0.05, 0.1) is 5.75 Å². The molecule has 0 bridgehead atoms. The minimum absolute atomic E-state index is 0.0733. The first-order chi connectivity index (χ1) is 12.2.